The lowest BCUT2D eigenvalue weighted by atomic mass is 9.70. The number of nitrogens with one attached hydrogen (secondary N) is 2. The number of amides is 1. The minimum absolute atomic E-state index is 0.00471. The molecule has 5 unspecified atom stereocenters. The summed E-state index contributed by atoms with van der Waals surface area (Å²) in [5.41, 5.74) is 1.57. The number of aliphatic hydroxyl groups excluding tert-OH is 1. The number of hydrogen-bond donors (Lipinski definition) is 3. The Bertz CT molecular complexity index is 1280. The summed E-state index contributed by atoms with van der Waals surface area (Å²) < 4.78 is 24.5. The van der Waals surface area contributed by atoms with Gasteiger partial charge in [-0.05, 0) is 124 Å². The number of morpholine rings is 1. The van der Waals surface area contributed by atoms with Gasteiger partial charge in [0, 0.05) is 37.2 Å². The van der Waals surface area contributed by atoms with Crippen LogP contribution in [0.5, 0.6) is 5.75 Å². The van der Waals surface area contributed by atoms with Gasteiger partial charge in [0.05, 0.1) is 25.4 Å². The molecule has 1 amide bonds. The quantitative estimate of drug-likeness (QED) is 0.100. The number of ether oxygens (including phenoxy) is 2. The Balaban J connectivity index is 0.887. The van der Waals surface area contributed by atoms with Gasteiger partial charge in [-0.3, -0.25) is 15.0 Å². The molecule has 6 rings (SSSR count). The molecule has 4 fully saturated rings. The molecule has 0 radical (unpaired) electrons. The summed E-state index contributed by atoms with van der Waals surface area (Å²) in [6, 6.07) is 14.2. The van der Waals surface area contributed by atoms with Gasteiger partial charge >= 0.3 is 0 Å². The Morgan fingerprint density at radius 3 is 2.50 bits per heavy atom. The first kappa shape index (κ1) is 35.2. The van der Waals surface area contributed by atoms with Crippen molar-refractivity contribution >= 4 is 5.91 Å². The summed E-state index contributed by atoms with van der Waals surface area (Å²) in [6.45, 7) is 8.54. The third-order valence-electron chi connectivity index (χ3n) is 11.0. The average Bonchev–Trinajstić information content (AvgIpc) is 3.38. The molecule has 0 spiro atoms. The zero-order valence-corrected chi connectivity index (χ0v) is 28.4. The van der Waals surface area contributed by atoms with Crippen molar-refractivity contribution in [1.82, 2.24) is 15.5 Å². The van der Waals surface area contributed by atoms with Gasteiger partial charge in [0.2, 0.25) is 0 Å². The molecule has 2 aromatic carbocycles. The van der Waals surface area contributed by atoms with E-state index in [0.29, 0.717) is 49.4 Å². The van der Waals surface area contributed by atoms with Crippen LogP contribution in [0.3, 0.4) is 0 Å². The Labute approximate surface area is 284 Å². The van der Waals surface area contributed by atoms with E-state index in [-0.39, 0.29) is 29.3 Å². The van der Waals surface area contributed by atoms with Crippen LogP contribution in [-0.2, 0) is 14.5 Å². The van der Waals surface area contributed by atoms with Crippen LogP contribution >= 0.6 is 0 Å². The summed E-state index contributed by atoms with van der Waals surface area (Å²) in [7, 11) is 0. The number of halogens is 1. The van der Waals surface area contributed by atoms with E-state index in [9.17, 15) is 14.3 Å². The van der Waals surface area contributed by atoms with Crippen LogP contribution in [0.25, 0.3) is 0 Å². The summed E-state index contributed by atoms with van der Waals surface area (Å²) in [4.78, 5) is 27.0. The smallest absolute Gasteiger partial charge is 0.251 e. The molecule has 264 valence electrons. The van der Waals surface area contributed by atoms with Crippen LogP contribution in [0.1, 0.15) is 86.6 Å². The lowest BCUT2D eigenvalue weighted by Crippen LogP contribution is -2.47. The van der Waals surface area contributed by atoms with Crippen molar-refractivity contribution in [3.05, 3.63) is 65.5 Å². The van der Waals surface area contributed by atoms with E-state index in [1.165, 1.54) is 29.8 Å². The fraction of sp³-hybridized carbons (Fsp3) is 0.658. The Kier molecular flexibility index (Phi) is 12.4. The lowest BCUT2D eigenvalue weighted by Gasteiger charge is -2.40. The van der Waals surface area contributed by atoms with Gasteiger partial charge in [-0.2, -0.15) is 0 Å². The minimum atomic E-state index is -0.638. The molecule has 0 aromatic heterocycles. The second kappa shape index (κ2) is 16.9. The monoisotopic (exact) mass is 667 g/mol. The zero-order chi connectivity index (χ0) is 33.3. The molecule has 2 bridgehead atoms. The van der Waals surface area contributed by atoms with E-state index in [1.807, 2.05) is 0 Å². The molecular weight excluding hydrogens is 613 g/mol. The molecule has 48 heavy (non-hydrogen) atoms. The highest BCUT2D eigenvalue weighted by atomic mass is 19.1. The molecule has 1 aliphatic heterocycles. The molecule has 1 heterocycles. The van der Waals surface area contributed by atoms with E-state index in [2.05, 4.69) is 46.7 Å². The maximum atomic E-state index is 13.1. The highest BCUT2D eigenvalue weighted by Gasteiger charge is 2.54. The Morgan fingerprint density at radius 1 is 1.00 bits per heavy atom. The van der Waals surface area contributed by atoms with Crippen LogP contribution < -0.4 is 15.4 Å². The first-order valence-electron chi connectivity index (χ1n) is 18.2. The topological polar surface area (TPSA) is 102 Å². The number of aliphatic hydroxyl groups is 1. The number of nitrogens with zero attached hydrogens (tertiary/aromatic N) is 1. The largest absolute Gasteiger partial charge is 0.492 e. The molecule has 10 heteroatoms. The second-order valence-corrected chi connectivity index (χ2v) is 14.6. The van der Waals surface area contributed by atoms with Gasteiger partial charge in [0.25, 0.3) is 5.91 Å². The molecule has 1 saturated heterocycles. The molecule has 9 nitrogen and oxygen atoms in total. The van der Waals surface area contributed by atoms with Gasteiger partial charge in [-0.15, -0.1) is 0 Å². The number of hydrogen-bond acceptors (Lipinski definition) is 8. The van der Waals surface area contributed by atoms with Crippen LogP contribution in [0, 0.1) is 23.1 Å². The van der Waals surface area contributed by atoms with E-state index in [4.69, 9.17) is 19.2 Å². The number of carbonyl (C=O) groups excluding carboxylic acids is 1. The van der Waals surface area contributed by atoms with E-state index >= 15 is 0 Å². The predicted octanol–water partition coefficient (Wildman–Crippen LogP) is 5.43. The number of fused-ring (bicyclic) bond motifs is 2. The molecule has 3 aliphatic carbocycles. The van der Waals surface area contributed by atoms with Crippen molar-refractivity contribution < 1.29 is 33.5 Å². The van der Waals surface area contributed by atoms with E-state index in [1.54, 1.807) is 0 Å². The summed E-state index contributed by atoms with van der Waals surface area (Å²) in [5.74, 6) is 1.76. The maximum absolute atomic E-state index is 13.1. The predicted molar refractivity (Wildman–Crippen MR) is 181 cm³/mol. The maximum Gasteiger partial charge on any atom is 0.251 e. The first-order chi connectivity index (χ1) is 23.4. The number of benzene rings is 2. The van der Waals surface area contributed by atoms with E-state index < -0.39 is 6.23 Å². The summed E-state index contributed by atoms with van der Waals surface area (Å²) >= 11 is 0. The normalized spacial score (nSPS) is 29.8. The van der Waals surface area contributed by atoms with Gasteiger partial charge < -0.3 is 19.9 Å². The number of carbonyl (C=O) groups is 1. The SMILES string of the molecule is CC1CC2CC(C(O)NCCCNC(=O)c3ccc(F)cc3)(C1)CC2OOC1CCC(c2ccc(OCCN3CCOCC3)cc2)CC1. The van der Waals surface area contributed by atoms with Crippen LogP contribution in [0.15, 0.2) is 48.5 Å². The second-order valence-electron chi connectivity index (χ2n) is 14.6. The standard InChI is InChI=1S/C38H54FN3O6/c1-27-23-31-25-38(24-27,37(44)41-16-2-15-40-36(43)30-3-9-32(39)10-4-30)26-35(31)48-47-34-13-7-29(8-14-34)28-5-11-33(12-6-28)46-22-19-42-17-20-45-21-18-42/h3-6,9-12,27,29,31,34-35,37,41,44H,2,7-8,13-26H2,1H3,(H,40,43). The van der Waals surface area contributed by atoms with E-state index in [0.717, 1.165) is 90.0 Å². The number of rotatable bonds is 15. The van der Waals surface area contributed by atoms with Crippen molar-refractivity contribution in [2.24, 2.45) is 17.3 Å². The Morgan fingerprint density at radius 2 is 1.75 bits per heavy atom. The van der Waals surface area contributed by atoms with Crippen molar-refractivity contribution in [1.29, 1.82) is 0 Å². The van der Waals surface area contributed by atoms with Gasteiger partial charge in [-0.25, -0.2) is 14.2 Å². The highest BCUT2D eigenvalue weighted by Crippen LogP contribution is 2.56. The first-order valence-corrected chi connectivity index (χ1v) is 18.2. The van der Waals surface area contributed by atoms with Gasteiger partial charge in [0.1, 0.15) is 24.4 Å². The molecule has 4 aliphatic rings. The molecule has 3 N–H and O–H groups in total. The average molecular weight is 668 g/mol. The van der Waals surface area contributed by atoms with Gasteiger partial charge in [0.15, 0.2) is 0 Å². The van der Waals surface area contributed by atoms with Crippen molar-refractivity contribution in [2.45, 2.75) is 89.1 Å². The van der Waals surface area contributed by atoms with Crippen molar-refractivity contribution in [3.8, 4) is 5.75 Å². The van der Waals surface area contributed by atoms with Crippen molar-refractivity contribution in [2.75, 3.05) is 52.5 Å². The Hall–Kier alpha value is -2.60. The third kappa shape index (κ3) is 9.34. The summed E-state index contributed by atoms with van der Waals surface area (Å²) in [6.07, 6.45) is 8.01. The lowest BCUT2D eigenvalue weighted by molar-refractivity contribution is -0.360. The third-order valence-corrected chi connectivity index (χ3v) is 11.0. The minimum Gasteiger partial charge on any atom is -0.492 e. The highest BCUT2D eigenvalue weighted by molar-refractivity contribution is 5.94. The molecular formula is C38H54FN3O6. The fourth-order valence-electron chi connectivity index (χ4n) is 8.49. The fourth-order valence-corrected chi connectivity index (χ4v) is 8.49. The molecule has 2 aromatic rings. The van der Waals surface area contributed by atoms with Crippen LogP contribution in [0.4, 0.5) is 4.39 Å². The molecule has 5 atom stereocenters. The zero-order valence-electron chi connectivity index (χ0n) is 28.4. The van der Waals surface area contributed by atoms with Crippen LogP contribution in [0.2, 0.25) is 0 Å². The van der Waals surface area contributed by atoms with Crippen LogP contribution in [-0.4, -0.2) is 86.9 Å². The van der Waals surface area contributed by atoms with Gasteiger partial charge in [-0.1, -0.05) is 19.1 Å². The molecule has 3 saturated carbocycles. The summed E-state index contributed by atoms with van der Waals surface area (Å²) in [5, 5.41) is 17.5. The van der Waals surface area contributed by atoms with Crippen molar-refractivity contribution in [3.63, 3.8) is 0 Å².